The normalized spacial score (nSPS) is 12.3. The quantitative estimate of drug-likeness (QED) is 0.807. The van der Waals surface area contributed by atoms with E-state index in [0.717, 1.165) is 37.4 Å². The summed E-state index contributed by atoms with van der Waals surface area (Å²) in [5, 5.41) is 7.79. The molecule has 1 aromatic carbocycles. The van der Waals surface area contributed by atoms with Crippen molar-refractivity contribution >= 4 is 0 Å². The zero-order chi connectivity index (χ0) is 15.1. The van der Waals surface area contributed by atoms with Crippen LogP contribution in [0.2, 0.25) is 0 Å². The van der Waals surface area contributed by atoms with Crippen molar-refractivity contribution in [3.8, 4) is 5.75 Å². The summed E-state index contributed by atoms with van der Waals surface area (Å²) in [4.78, 5) is 4.22. The zero-order valence-corrected chi connectivity index (χ0v) is 13.0. The van der Waals surface area contributed by atoms with Crippen molar-refractivity contribution in [1.82, 2.24) is 20.1 Å². The fourth-order valence-electron chi connectivity index (χ4n) is 2.21. The van der Waals surface area contributed by atoms with Crippen LogP contribution in [0.5, 0.6) is 5.75 Å². The van der Waals surface area contributed by atoms with Gasteiger partial charge in [-0.3, -0.25) is 4.68 Å². The minimum atomic E-state index is 0.482. The fraction of sp³-hybridized carbons (Fsp3) is 0.500. The summed E-state index contributed by atoms with van der Waals surface area (Å²) >= 11 is 0. The molecule has 1 N–H and O–H groups in total. The van der Waals surface area contributed by atoms with Gasteiger partial charge in [0.1, 0.15) is 12.1 Å². The van der Waals surface area contributed by atoms with E-state index >= 15 is 0 Å². The number of hydrogen-bond donors (Lipinski definition) is 1. The second-order valence-electron chi connectivity index (χ2n) is 5.33. The first-order valence-corrected chi connectivity index (χ1v) is 7.38. The number of nitrogens with one attached hydrogen (secondary N) is 1. The lowest BCUT2D eigenvalue weighted by molar-refractivity contribution is 0.414. The van der Waals surface area contributed by atoms with Crippen LogP contribution in [0, 0.1) is 0 Å². The van der Waals surface area contributed by atoms with Crippen LogP contribution in [0.3, 0.4) is 0 Å². The molecule has 0 amide bonds. The van der Waals surface area contributed by atoms with E-state index in [4.69, 9.17) is 4.74 Å². The van der Waals surface area contributed by atoms with E-state index in [1.165, 1.54) is 5.56 Å². The molecule has 1 aromatic heterocycles. The van der Waals surface area contributed by atoms with Gasteiger partial charge in [0.2, 0.25) is 0 Å². The van der Waals surface area contributed by atoms with Crippen molar-refractivity contribution in [3.05, 3.63) is 42.0 Å². The molecule has 5 heteroatoms. The van der Waals surface area contributed by atoms with E-state index < -0.39 is 0 Å². The number of hydrogen-bond acceptors (Lipinski definition) is 4. The molecule has 1 atom stereocenters. The second kappa shape index (κ2) is 7.78. The SMILES string of the molecule is COc1ccc(CCC(C)NCCc2ncn(C)n2)cc1. The molecular weight excluding hydrogens is 264 g/mol. The molecule has 5 nitrogen and oxygen atoms in total. The Hall–Kier alpha value is -1.88. The van der Waals surface area contributed by atoms with Crippen LogP contribution < -0.4 is 10.1 Å². The first kappa shape index (κ1) is 15.5. The molecule has 0 saturated heterocycles. The molecule has 2 rings (SSSR count). The van der Waals surface area contributed by atoms with E-state index in [1.54, 1.807) is 18.1 Å². The maximum Gasteiger partial charge on any atom is 0.151 e. The predicted octanol–water partition coefficient (Wildman–Crippen LogP) is 1.98. The highest BCUT2D eigenvalue weighted by Crippen LogP contribution is 2.13. The molecule has 0 bridgehead atoms. The average Bonchev–Trinajstić information content (AvgIpc) is 2.91. The van der Waals surface area contributed by atoms with Gasteiger partial charge in [-0.1, -0.05) is 12.1 Å². The number of benzene rings is 1. The number of nitrogens with zero attached hydrogens (tertiary/aromatic N) is 3. The van der Waals surface area contributed by atoms with Crippen LogP contribution >= 0.6 is 0 Å². The standard InChI is InChI=1S/C16H24N4O/c1-13(17-11-10-16-18-12-20(2)19-16)4-5-14-6-8-15(21-3)9-7-14/h6-9,12-13,17H,4-5,10-11H2,1-3H3. The summed E-state index contributed by atoms with van der Waals surface area (Å²) in [5.74, 6) is 1.81. The highest BCUT2D eigenvalue weighted by atomic mass is 16.5. The van der Waals surface area contributed by atoms with Gasteiger partial charge in [-0.05, 0) is 37.5 Å². The highest BCUT2D eigenvalue weighted by molar-refractivity contribution is 5.27. The second-order valence-corrected chi connectivity index (χ2v) is 5.33. The third-order valence-electron chi connectivity index (χ3n) is 3.51. The van der Waals surface area contributed by atoms with Crippen molar-refractivity contribution in [2.75, 3.05) is 13.7 Å². The van der Waals surface area contributed by atoms with Gasteiger partial charge < -0.3 is 10.1 Å². The van der Waals surface area contributed by atoms with Crippen LogP contribution in [0.25, 0.3) is 0 Å². The molecule has 2 aromatic rings. The Bertz CT molecular complexity index is 535. The third kappa shape index (κ3) is 5.19. The van der Waals surface area contributed by atoms with E-state index in [1.807, 2.05) is 19.2 Å². The maximum absolute atomic E-state index is 5.17. The van der Waals surface area contributed by atoms with Gasteiger partial charge in [0.05, 0.1) is 7.11 Å². The van der Waals surface area contributed by atoms with Crippen LogP contribution in [0.15, 0.2) is 30.6 Å². The molecule has 0 aliphatic carbocycles. The lowest BCUT2D eigenvalue weighted by Gasteiger charge is -2.13. The van der Waals surface area contributed by atoms with Crippen molar-refractivity contribution < 1.29 is 4.74 Å². The summed E-state index contributed by atoms with van der Waals surface area (Å²) in [6.45, 7) is 3.13. The lowest BCUT2D eigenvalue weighted by atomic mass is 10.1. The molecule has 0 spiro atoms. The van der Waals surface area contributed by atoms with Crippen LogP contribution in [-0.4, -0.2) is 34.5 Å². The minimum absolute atomic E-state index is 0.482. The molecule has 0 aliphatic rings. The Morgan fingerprint density at radius 3 is 2.62 bits per heavy atom. The third-order valence-corrected chi connectivity index (χ3v) is 3.51. The molecule has 21 heavy (non-hydrogen) atoms. The maximum atomic E-state index is 5.17. The molecule has 0 radical (unpaired) electrons. The van der Waals surface area contributed by atoms with E-state index in [0.29, 0.717) is 6.04 Å². The van der Waals surface area contributed by atoms with Crippen molar-refractivity contribution in [2.45, 2.75) is 32.2 Å². The van der Waals surface area contributed by atoms with Crippen LogP contribution in [0.1, 0.15) is 24.7 Å². The minimum Gasteiger partial charge on any atom is -0.497 e. The van der Waals surface area contributed by atoms with E-state index in [2.05, 4.69) is 34.5 Å². The molecule has 1 heterocycles. The molecular formula is C16H24N4O. The van der Waals surface area contributed by atoms with Gasteiger partial charge in [0.25, 0.3) is 0 Å². The van der Waals surface area contributed by atoms with E-state index in [-0.39, 0.29) is 0 Å². The van der Waals surface area contributed by atoms with Crippen molar-refractivity contribution in [3.63, 3.8) is 0 Å². The molecule has 0 saturated carbocycles. The largest absolute Gasteiger partial charge is 0.497 e. The fourth-order valence-corrected chi connectivity index (χ4v) is 2.21. The Balaban J connectivity index is 1.65. The molecule has 114 valence electrons. The van der Waals surface area contributed by atoms with Crippen LogP contribution in [-0.2, 0) is 19.9 Å². The first-order chi connectivity index (χ1) is 10.2. The van der Waals surface area contributed by atoms with E-state index in [9.17, 15) is 0 Å². The summed E-state index contributed by atoms with van der Waals surface area (Å²) in [7, 11) is 3.58. The lowest BCUT2D eigenvalue weighted by Crippen LogP contribution is -2.28. The smallest absolute Gasteiger partial charge is 0.151 e. The first-order valence-electron chi connectivity index (χ1n) is 7.38. The highest BCUT2D eigenvalue weighted by Gasteiger charge is 2.04. The van der Waals surface area contributed by atoms with Gasteiger partial charge in [-0.15, -0.1) is 0 Å². The molecule has 0 aliphatic heterocycles. The Morgan fingerprint density at radius 1 is 1.24 bits per heavy atom. The predicted molar refractivity (Wildman–Crippen MR) is 83.5 cm³/mol. The monoisotopic (exact) mass is 288 g/mol. The summed E-state index contributed by atoms with van der Waals surface area (Å²) in [5.41, 5.74) is 1.34. The number of aryl methyl sites for hydroxylation is 2. The number of methoxy groups -OCH3 is 1. The summed E-state index contributed by atoms with van der Waals surface area (Å²) < 4.78 is 6.90. The number of aromatic nitrogens is 3. The zero-order valence-electron chi connectivity index (χ0n) is 13.0. The van der Waals surface area contributed by atoms with Gasteiger partial charge in [-0.2, -0.15) is 5.10 Å². The van der Waals surface area contributed by atoms with Gasteiger partial charge in [0, 0.05) is 26.1 Å². The van der Waals surface area contributed by atoms with Gasteiger partial charge >= 0.3 is 0 Å². The topological polar surface area (TPSA) is 52.0 Å². The summed E-state index contributed by atoms with van der Waals surface area (Å²) in [6.07, 6.45) is 4.79. The Morgan fingerprint density at radius 2 is 2.00 bits per heavy atom. The number of ether oxygens (including phenoxy) is 1. The van der Waals surface area contributed by atoms with Crippen molar-refractivity contribution in [1.29, 1.82) is 0 Å². The average molecular weight is 288 g/mol. The molecule has 1 unspecified atom stereocenters. The van der Waals surface area contributed by atoms with Crippen molar-refractivity contribution in [2.24, 2.45) is 7.05 Å². The summed E-state index contributed by atoms with van der Waals surface area (Å²) in [6, 6.07) is 8.77. The number of rotatable bonds is 8. The van der Waals surface area contributed by atoms with Gasteiger partial charge in [0.15, 0.2) is 5.82 Å². The Labute approximate surface area is 126 Å². The Kier molecular flexibility index (Phi) is 5.75. The van der Waals surface area contributed by atoms with Gasteiger partial charge in [-0.25, -0.2) is 4.98 Å². The van der Waals surface area contributed by atoms with Crippen LogP contribution in [0.4, 0.5) is 0 Å². The molecule has 0 fully saturated rings.